The van der Waals surface area contributed by atoms with Gasteiger partial charge in [0.2, 0.25) is 11.8 Å². The van der Waals surface area contributed by atoms with Crippen molar-refractivity contribution in [3.63, 3.8) is 0 Å². The summed E-state index contributed by atoms with van der Waals surface area (Å²) in [5.41, 5.74) is 0.788. The Bertz CT molecular complexity index is 708. The van der Waals surface area contributed by atoms with Gasteiger partial charge < -0.3 is 14.4 Å². The van der Waals surface area contributed by atoms with Crippen LogP contribution in [0.4, 0.5) is 0 Å². The molecule has 2 aromatic heterocycles. The molecule has 1 aliphatic heterocycles. The molecule has 1 amide bonds. The molecule has 24 heavy (non-hydrogen) atoms. The highest BCUT2D eigenvalue weighted by Gasteiger charge is 2.31. The quantitative estimate of drug-likeness (QED) is 0.782. The van der Waals surface area contributed by atoms with E-state index < -0.39 is 0 Å². The summed E-state index contributed by atoms with van der Waals surface area (Å²) in [6, 6.07) is 0. The molecule has 0 saturated carbocycles. The molecule has 0 bridgehead atoms. The Morgan fingerprint density at radius 3 is 3.04 bits per heavy atom. The van der Waals surface area contributed by atoms with Gasteiger partial charge in [0.1, 0.15) is 11.0 Å². The maximum Gasteiger partial charge on any atom is 0.267 e. The number of amides is 1. The third kappa shape index (κ3) is 3.61. The summed E-state index contributed by atoms with van der Waals surface area (Å²) < 4.78 is 14.8. The number of nitrogens with zero attached hydrogens (tertiary/aromatic N) is 5. The Morgan fingerprint density at radius 1 is 1.42 bits per heavy atom. The van der Waals surface area contributed by atoms with Crippen LogP contribution in [0.5, 0.6) is 11.8 Å². The molecule has 1 atom stereocenters. The number of likely N-dealkylation sites (tertiary alicyclic amines) is 1. The van der Waals surface area contributed by atoms with E-state index in [0.717, 1.165) is 36.5 Å². The second-order valence-electron chi connectivity index (χ2n) is 5.48. The van der Waals surface area contributed by atoms with Crippen molar-refractivity contribution in [1.82, 2.24) is 24.5 Å². The van der Waals surface area contributed by atoms with Gasteiger partial charge in [0, 0.05) is 13.0 Å². The third-order valence-electron chi connectivity index (χ3n) is 3.76. The molecule has 0 aliphatic carbocycles. The lowest BCUT2D eigenvalue weighted by molar-refractivity contribution is 0.0774. The number of rotatable bonds is 6. The van der Waals surface area contributed by atoms with E-state index in [0.29, 0.717) is 29.7 Å². The zero-order chi connectivity index (χ0) is 16.9. The van der Waals surface area contributed by atoms with Crippen molar-refractivity contribution in [2.24, 2.45) is 0 Å². The third-order valence-corrected chi connectivity index (χ3v) is 4.51. The second kappa shape index (κ2) is 7.52. The van der Waals surface area contributed by atoms with Crippen LogP contribution in [0.3, 0.4) is 0 Å². The largest absolute Gasteiger partial charge is 0.480 e. The summed E-state index contributed by atoms with van der Waals surface area (Å²) in [4.78, 5) is 23.3. The molecular weight excluding hydrogens is 330 g/mol. The summed E-state index contributed by atoms with van der Waals surface area (Å²) in [5, 5.41) is 4.06. The lowest BCUT2D eigenvalue weighted by Gasteiger charge is -2.16. The summed E-state index contributed by atoms with van der Waals surface area (Å²) in [5.74, 6) is 0.787. The van der Waals surface area contributed by atoms with Crippen LogP contribution >= 0.6 is 11.5 Å². The first-order chi connectivity index (χ1) is 11.7. The number of methoxy groups -OCH3 is 1. The smallest absolute Gasteiger partial charge is 0.267 e. The van der Waals surface area contributed by atoms with Crippen LogP contribution < -0.4 is 9.47 Å². The van der Waals surface area contributed by atoms with E-state index in [1.165, 1.54) is 13.3 Å². The highest BCUT2D eigenvalue weighted by molar-refractivity contribution is 7.08. The number of carbonyl (C=O) groups excluding carboxylic acids is 1. The Labute approximate surface area is 144 Å². The van der Waals surface area contributed by atoms with Crippen LogP contribution in [0.1, 0.15) is 35.1 Å². The molecule has 128 valence electrons. The molecule has 0 N–H and O–H groups in total. The first-order valence-electron chi connectivity index (χ1n) is 7.84. The summed E-state index contributed by atoms with van der Waals surface area (Å²) in [7, 11) is 1.53. The van der Waals surface area contributed by atoms with E-state index in [1.807, 2.05) is 0 Å². The van der Waals surface area contributed by atoms with Gasteiger partial charge in [0.15, 0.2) is 0 Å². The first-order valence-corrected chi connectivity index (χ1v) is 8.61. The van der Waals surface area contributed by atoms with Crippen LogP contribution in [0.25, 0.3) is 0 Å². The number of carbonyl (C=O) groups is 1. The molecule has 0 spiro atoms. The Kier molecular flexibility index (Phi) is 5.19. The number of ether oxygens (including phenoxy) is 2. The van der Waals surface area contributed by atoms with Gasteiger partial charge in [-0.2, -0.15) is 4.98 Å². The Balaban J connectivity index is 1.62. The van der Waals surface area contributed by atoms with E-state index >= 15 is 0 Å². The molecule has 1 aliphatic rings. The minimum atomic E-state index is -0.106. The molecule has 2 aromatic rings. The summed E-state index contributed by atoms with van der Waals surface area (Å²) >= 11 is 1.16. The van der Waals surface area contributed by atoms with Gasteiger partial charge in [0.05, 0.1) is 31.7 Å². The molecule has 3 rings (SSSR count). The first kappa shape index (κ1) is 16.6. The van der Waals surface area contributed by atoms with E-state index in [4.69, 9.17) is 9.47 Å². The molecular formula is C15H19N5O3S. The fourth-order valence-corrected chi connectivity index (χ4v) is 3.26. The fourth-order valence-electron chi connectivity index (χ4n) is 2.58. The van der Waals surface area contributed by atoms with Gasteiger partial charge in [-0.3, -0.25) is 9.78 Å². The standard InChI is InChI=1S/C15H19N5O3S/c1-3-4-11-14(24-19-18-11)15(21)20-6-5-10(9-20)23-13-8-16-7-12(17-13)22-2/h7-8,10H,3-6,9H2,1-2H3. The van der Waals surface area contributed by atoms with Crippen molar-refractivity contribution >= 4 is 17.4 Å². The van der Waals surface area contributed by atoms with Gasteiger partial charge >= 0.3 is 0 Å². The number of aryl methyl sites for hydroxylation is 1. The van der Waals surface area contributed by atoms with E-state index in [9.17, 15) is 4.79 Å². The summed E-state index contributed by atoms with van der Waals surface area (Å²) in [6.45, 7) is 3.22. The maximum atomic E-state index is 12.7. The van der Waals surface area contributed by atoms with Gasteiger partial charge in [-0.15, -0.1) is 5.10 Å². The van der Waals surface area contributed by atoms with Crippen LogP contribution in [0, 0.1) is 0 Å². The Morgan fingerprint density at radius 2 is 2.25 bits per heavy atom. The molecule has 1 fully saturated rings. The molecule has 0 radical (unpaired) electrons. The lowest BCUT2D eigenvalue weighted by Crippen LogP contribution is -2.31. The summed E-state index contributed by atoms with van der Waals surface area (Å²) in [6.07, 6.45) is 5.41. The van der Waals surface area contributed by atoms with E-state index in [2.05, 4.69) is 26.5 Å². The van der Waals surface area contributed by atoms with E-state index in [-0.39, 0.29) is 12.0 Å². The van der Waals surface area contributed by atoms with Gasteiger partial charge in [-0.1, -0.05) is 17.8 Å². The predicted octanol–water partition coefficient (Wildman–Crippen LogP) is 1.58. The predicted molar refractivity (Wildman–Crippen MR) is 87.4 cm³/mol. The molecule has 3 heterocycles. The van der Waals surface area contributed by atoms with Crippen molar-refractivity contribution in [2.75, 3.05) is 20.2 Å². The molecule has 8 nitrogen and oxygen atoms in total. The second-order valence-corrected chi connectivity index (χ2v) is 6.23. The normalized spacial score (nSPS) is 17.1. The zero-order valence-corrected chi connectivity index (χ0v) is 14.5. The zero-order valence-electron chi connectivity index (χ0n) is 13.6. The highest BCUT2D eigenvalue weighted by atomic mass is 32.1. The van der Waals surface area contributed by atoms with Gasteiger partial charge in [-0.05, 0) is 18.0 Å². The average Bonchev–Trinajstić information content (AvgIpc) is 3.24. The molecule has 1 saturated heterocycles. The number of hydrogen-bond acceptors (Lipinski definition) is 8. The van der Waals surface area contributed by atoms with E-state index in [1.54, 1.807) is 11.1 Å². The van der Waals surface area contributed by atoms with Crippen molar-refractivity contribution in [2.45, 2.75) is 32.3 Å². The van der Waals surface area contributed by atoms with Crippen LogP contribution in [-0.2, 0) is 6.42 Å². The van der Waals surface area contributed by atoms with Crippen molar-refractivity contribution in [3.8, 4) is 11.8 Å². The molecule has 9 heteroatoms. The minimum absolute atomic E-state index is 0.0173. The maximum absolute atomic E-state index is 12.7. The fraction of sp³-hybridized carbons (Fsp3) is 0.533. The minimum Gasteiger partial charge on any atom is -0.480 e. The monoisotopic (exact) mass is 349 g/mol. The lowest BCUT2D eigenvalue weighted by atomic mass is 10.2. The number of aromatic nitrogens is 4. The van der Waals surface area contributed by atoms with Gasteiger partial charge in [0.25, 0.3) is 5.91 Å². The van der Waals surface area contributed by atoms with Crippen LogP contribution in [0.2, 0.25) is 0 Å². The van der Waals surface area contributed by atoms with Crippen LogP contribution in [-0.4, -0.2) is 56.7 Å². The Hall–Kier alpha value is -2.29. The molecule has 1 unspecified atom stereocenters. The highest BCUT2D eigenvalue weighted by Crippen LogP contribution is 2.22. The number of hydrogen-bond donors (Lipinski definition) is 0. The van der Waals surface area contributed by atoms with Gasteiger partial charge in [-0.25, -0.2) is 0 Å². The topological polar surface area (TPSA) is 90.3 Å². The van der Waals surface area contributed by atoms with Crippen LogP contribution in [0.15, 0.2) is 12.4 Å². The van der Waals surface area contributed by atoms with Crippen molar-refractivity contribution in [3.05, 3.63) is 23.0 Å². The average molecular weight is 349 g/mol. The SMILES string of the molecule is CCCc1nnsc1C(=O)N1CCC(Oc2cncc(OC)n2)C1. The van der Waals surface area contributed by atoms with Crippen molar-refractivity contribution < 1.29 is 14.3 Å². The van der Waals surface area contributed by atoms with Crippen molar-refractivity contribution in [1.29, 1.82) is 0 Å². The molecule has 0 aromatic carbocycles.